The van der Waals surface area contributed by atoms with Gasteiger partial charge in [-0.1, -0.05) is 17.7 Å². The van der Waals surface area contributed by atoms with Crippen molar-refractivity contribution < 1.29 is 14.6 Å². The summed E-state index contributed by atoms with van der Waals surface area (Å²) in [4.78, 5) is 25.7. The van der Waals surface area contributed by atoms with Crippen molar-refractivity contribution in [3.05, 3.63) is 94.9 Å². The number of aromatic nitrogens is 4. The number of hydrogen-bond acceptors (Lipinski definition) is 7. The van der Waals surface area contributed by atoms with Crippen molar-refractivity contribution in [2.45, 2.75) is 19.7 Å². The summed E-state index contributed by atoms with van der Waals surface area (Å²) in [5.41, 5.74) is 2.52. The lowest BCUT2D eigenvalue weighted by Gasteiger charge is -2.15. The Labute approximate surface area is 201 Å². The summed E-state index contributed by atoms with van der Waals surface area (Å²) >= 11 is 6.25. The number of carbonyl (C=O) groups is 1. The number of anilines is 1. The summed E-state index contributed by atoms with van der Waals surface area (Å²) in [5.74, 6) is 1.33. The molecular weight excluding hydrogens is 456 g/mol. The van der Waals surface area contributed by atoms with Gasteiger partial charge in [0.2, 0.25) is 0 Å². The predicted octanol–water partition coefficient (Wildman–Crippen LogP) is 3.36. The third-order valence-corrected chi connectivity index (χ3v) is 5.40. The van der Waals surface area contributed by atoms with E-state index in [1.54, 1.807) is 60.6 Å². The topological polar surface area (TPSA) is 114 Å². The number of nitrogens with one attached hydrogen (secondary N) is 2. The number of halogens is 1. The van der Waals surface area contributed by atoms with E-state index in [2.05, 4.69) is 25.6 Å². The minimum Gasteiger partial charge on any atom is -0.495 e. The second kappa shape index (κ2) is 10.8. The van der Waals surface area contributed by atoms with E-state index in [0.717, 1.165) is 5.56 Å². The zero-order valence-electron chi connectivity index (χ0n) is 18.4. The third kappa shape index (κ3) is 5.33. The van der Waals surface area contributed by atoms with Gasteiger partial charge in [-0.15, -0.1) is 0 Å². The second-order valence-corrected chi connectivity index (χ2v) is 7.69. The van der Waals surface area contributed by atoms with E-state index in [-0.39, 0.29) is 19.1 Å². The van der Waals surface area contributed by atoms with Gasteiger partial charge in [0, 0.05) is 43.1 Å². The molecule has 4 aromatic rings. The van der Waals surface area contributed by atoms with Crippen LogP contribution in [-0.4, -0.2) is 37.6 Å². The largest absolute Gasteiger partial charge is 0.495 e. The van der Waals surface area contributed by atoms with Crippen LogP contribution in [0.5, 0.6) is 5.75 Å². The average Bonchev–Trinajstić information content (AvgIpc) is 3.35. The van der Waals surface area contributed by atoms with Crippen LogP contribution < -0.4 is 15.4 Å². The van der Waals surface area contributed by atoms with E-state index in [1.807, 2.05) is 12.1 Å². The minimum atomic E-state index is -0.323. The third-order valence-electron chi connectivity index (χ3n) is 5.10. The summed E-state index contributed by atoms with van der Waals surface area (Å²) < 4.78 is 6.97. The lowest BCUT2D eigenvalue weighted by Crippen LogP contribution is -2.25. The second-order valence-electron chi connectivity index (χ2n) is 7.29. The molecule has 1 amide bonds. The number of aliphatic hydroxyl groups excluding tert-OH is 1. The lowest BCUT2D eigenvalue weighted by molar-refractivity contribution is 0.0950. The maximum Gasteiger partial charge on any atom is 0.255 e. The molecular formula is C24H23ClN6O3. The SMILES string of the molecule is COc1ccc(CNc2cc(-n3cccc3CO)ncc2C(=O)NCc2ncccn2)cc1Cl. The zero-order chi connectivity index (χ0) is 23.9. The maximum atomic E-state index is 13.0. The van der Waals surface area contributed by atoms with Crippen molar-refractivity contribution in [3.8, 4) is 11.6 Å². The Morgan fingerprint density at radius 2 is 1.94 bits per heavy atom. The Bertz CT molecular complexity index is 1280. The molecule has 0 saturated heterocycles. The number of amides is 1. The van der Waals surface area contributed by atoms with Crippen LogP contribution in [0.2, 0.25) is 5.02 Å². The van der Waals surface area contributed by atoms with E-state index < -0.39 is 0 Å². The van der Waals surface area contributed by atoms with Crippen molar-refractivity contribution in [1.29, 1.82) is 0 Å². The number of hydrogen-bond donors (Lipinski definition) is 3. The Morgan fingerprint density at radius 3 is 2.68 bits per heavy atom. The molecule has 9 nitrogen and oxygen atoms in total. The van der Waals surface area contributed by atoms with E-state index in [0.29, 0.717) is 45.9 Å². The fraction of sp³-hybridized carbons (Fsp3) is 0.167. The summed E-state index contributed by atoms with van der Waals surface area (Å²) in [6.45, 7) is 0.454. The molecule has 0 aliphatic rings. The number of pyridine rings is 1. The molecule has 0 aliphatic heterocycles. The van der Waals surface area contributed by atoms with Gasteiger partial charge in [0.1, 0.15) is 17.4 Å². The first-order valence-corrected chi connectivity index (χ1v) is 10.8. The lowest BCUT2D eigenvalue weighted by atomic mass is 10.1. The molecule has 0 aliphatic carbocycles. The summed E-state index contributed by atoms with van der Waals surface area (Å²) in [5, 5.41) is 16.2. The van der Waals surface area contributed by atoms with Crippen molar-refractivity contribution in [3.63, 3.8) is 0 Å². The molecule has 0 unspecified atom stereocenters. The van der Waals surface area contributed by atoms with Crippen LogP contribution in [0.1, 0.15) is 27.4 Å². The quantitative estimate of drug-likeness (QED) is 0.338. The molecule has 10 heteroatoms. The molecule has 0 radical (unpaired) electrons. The van der Waals surface area contributed by atoms with E-state index in [1.165, 1.54) is 6.20 Å². The minimum absolute atomic E-state index is 0.138. The Morgan fingerprint density at radius 1 is 1.12 bits per heavy atom. The number of ether oxygens (including phenoxy) is 1. The molecule has 34 heavy (non-hydrogen) atoms. The first-order valence-electron chi connectivity index (χ1n) is 10.5. The summed E-state index contributed by atoms with van der Waals surface area (Å²) in [7, 11) is 1.56. The van der Waals surface area contributed by atoms with Crippen LogP contribution in [0.3, 0.4) is 0 Å². The number of aliphatic hydroxyl groups is 1. The van der Waals surface area contributed by atoms with Gasteiger partial charge in [-0.25, -0.2) is 15.0 Å². The zero-order valence-corrected chi connectivity index (χ0v) is 19.2. The standard InChI is InChI=1S/C24H23ClN6O3/c1-34-21-6-5-16(10-19(21)25)12-28-20-11-23(31-9-2-4-17(31)15-32)29-13-18(20)24(33)30-14-22-26-7-3-8-27-22/h2-11,13,32H,12,14-15H2,1H3,(H,28,29)(H,30,33). The smallest absolute Gasteiger partial charge is 0.255 e. The van der Waals surface area contributed by atoms with E-state index in [4.69, 9.17) is 16.3 Å². The molecule has 0 saturated carbocycles. The number of carbonyl (C=O) groups excluding carboxylic acids is 1. The van der Waals surface area contributed by atoms with Crippen LogP contribution in [0.25, 0.3) is 5.82 Å². The Kier molecular flexibility index (Phi) is 7.36. The van der Waals surface area contributed by atoms with Crippen LogP contribution in [0.15, 0.2) is 67.3 Å². The van der Waals surface area contributed by atoms with Crippen molar-refractivity contribution in [1.82, 2.24) is 24.8 Å². The Balaban J connectivity index is 1.60. The highest BCUT2D eigenvalue weighted by molar-refractivity contribution is 6.32. The molecule has 0 bridgehead atoms. The molecule has 0 atom stereocenters. The first-order chi connectivity index (χ1) is 16.6. The molecule has 1 aromatic carbocycles. The average molecular weight is 479 g/mol. The van der Waals surface area contributed by atoms with E-state index >= 15 is 0 Å². The van der Waals surface area contributed by atoms with Gasteiger partial charge < -0.3 is 25.0 Å². The van der Waals surface area contributed by atoms with Gasteiger partial charge in [0.25, 0.3) is 5.91 Å². The number of rotatable bonds is 9. The molecule has 3 aromatic heterocycles. The summed E-state index contributed by atoms with van der Waals surface area (Å²) in [6.07, 6.45) is 6.54. The van der Waals surface area contributed by atoms with Gasteiger partial charge in [0.15, 0.2) is 0 Å². The predicted molar refractivity (Wildman–Crippen MR) is 128 cm³/mol. The van der Waals surface area contributed by atoms with Crippen LogP contribution in [0, 0.1) is 0 Å². The highest BCUT2D eigenvalue weighted by Gasteiger charge is 2.15. The fourth-order valence-corrected chi connectivity index (χ4v) is 3.65. The molecule has 3 heterocycles. The highest BCUT2D eigenvalue weighted by atomic mass is 35.5. The number of benzene rings is 1. The van der Waals surface area contributed by atoms with Crippen LogP contribution in [0.4, 0.5) is 5.69 Å². The summed E-state index contributed by atoms with van der Waals surface area (Å²) in [6, 6.07) is 12.6. The van der Waals surface area contributed by atoms with Crippen molar-refractivity contribution >= 4 is 23.2 Å². The monoisotopic (exact) mass is 478 g/mol. The fourth-order valence-electron chi connectivity index (χ4n) is 3.36. The van der Waals surface area contributed by atoms with Gasteiger partial charge in [-0.05, 0) is 35.9 Å². The number of nitrogens with zero attached hydrogens (tertiary/aromatic N) is 4. The molecule has 3 N–H and O–H groups in total. The van der Waals surface area contributed by atoms with Gasteiger partial charge in [-0.3, -0.25) is 4.79 Å². The molecule has 174 valence electrons. The van der Waals surface area contributed by atoms with Crippen LogP contribution in [-0.2, 0) is 19.7 Å². The van der Waals surface area contributed by atoms with E-state index in [9.17, 15) is 9.90 Å². The maximum absolute atomic E-state index is 13.0. The van der Waals surface area contributed by atoms with Crippen LogP contribution >= 0.6 is 11.6 Å². The van der Waals surface area contributed by atoms with Gasteiger partial charge in [0.05, 0.1) is 36.5 Å². The molecule has 0 fully saturated rings. The highest BCUT2D eigenvalue weighted by Crippen LogP contribution is 2.26. The van der Waals surface area contributed by atoms with Gasteiger partial charge >= 0.3 is 0 Å². The van der Waals surface area contributed by atoms with Crippen molar-refractivity contribution in [2.24, 2.45) is 0 Å². The normalized spacial score (nSPS) is 10.7. The number of methoxy groups -OCH3 is 1. The van der Waals surface area contributed by atoms with Gasteiger partial charge in [-0.2, -0.15) is 0 Å². The molecule has 4 rings (SSSR count). The first kappa shape index (κ1) is 23.2. The molecule has 0 spiro atoms. The Hall–Kier alpha value is -3.95. The van der Waals surface area contributed by atoms with Crippen molar-refractivity contribution in [2.75, 3.05) is 12.4 Å².